The number of nitrogens with one attached hydrogen (secondary N) is 1. The predicted octanol–water partition coefficient (Wildman–Crippen LogP) is 2.06. The van der Waals surface area contributed by atoms with E-state index in [1.54, 1.807) is 13.1 Å². The summed E-state index contributed by atoms with van der Waals surface area (Å²) < 4.78 is 0. The van der Waals surface area contributed by atoms with Crippen molar-refractivity contribution in [2.75, 3.05) is 23.3 Å². The lowest BCUT2D eigenvalue weighted by atomic mass is 10.3. The van der Waals surface area contributed by atoms with Crippen LogP contribution in [0.3, 0.4) is 0 Å². The van der Waals surface area contributed by atoms with Crippen LogP contribution in [0.2, 0.25) is 0 Å². The number of aromatic nitrogens is 1. The zero-order chi connectivity index (χ0) is 12.8. The first-order valence-electron chi connectivity index (χ1n) is 5.85. The normalized spacial score (nSPS) is 10.7. The number of nitrogens with two attached hydrogens (primary N) is 1. The summed E-state index contributed by atoms with van der Waals surface area (Å²) in [6.45, 7) is 7.63. The van der Waals surface area contributed by atoms with E-state index in [0.717, 1.165) is 18.9 Å². The lowest BCUT2D eigenvalue weighted by Crippen LogP contribution is -2.32. The molecule has 1 aromatic rings. The van der Waals surface area contributed by atoms with Crippen molar-refractivity contribution in [1.82, 2.24) is 4.98 Å². The average Bonchev–Trinajstić information content (AvgIpc) is 2.32. The quantitative estimate of drug-likeness (QED) is 0.873. The van der Waals surface area contributed by atoms with E-state index in [0.29, 0.717) is 5.69 Å². The summed E-state index contributed by atoms with van der Waals surface area (Å²) in [5, 5.41) is 2.70. The molecule has 0 saturated carbocycles. The molecule has 1 atom stereocenters. The number of hydrogen-bond acceptors (Lipinski definition) is 4. The minimum Gasteiger partial charge on any atom is -0.357 e. The molecule has 0 aliphatic heterocycles. The van der Waals surface area contributed by atoms with Crippen molar-refractivity contribution < 1.29 is 4.79 Å². The molecule has 0 saturated heterocycles. The largest absolute Gasteiger partial charge is 0.357 e. The van der Waals surface area contributed by atoms with E-state index in [4.69, 9.17) is 5.73 Å². The molecule has 1 amide bonds. The van der Waals surface area contributed by atoms with Crippen LogP contribution in [0.5, 0.6) is 0 Å². The molecular formula is C12H22Cl2N4O. The topological polar surface area (TPSA) is 71.2 Å². The third-order valence-electron chi connectivity index (χ3n) is 2.52. The molecule has 0 aliphatic rings. The maximum atomic E-state index is 11.4. The summed E-state index contributed by atoms with van der Waals surface area (Å²) in [6.07, 6.45) is 1.65. The molecule has 7 heteroatoms. The van der Waals surface area contributed by atoms with Crippen LogP contribution in [0.15, 0.2) is 18.3 Å². The number of hydrogen-bond donors (Lipinski definition) is 2. The number of pyridine rings is 1. The highest BCUT2D eigenvalue weighted by molar-refractivity contribution is 5.94. The Morgan fingerprint density at radius 2 is 1.95 bits per heavy atom. The van der Waals surface area contributed by atoms with Crippen molar-refractivity contribution in [2.24, 2.45) is 5.73 Å². The maximum absolute atomic E-state index is 11.4. The van der Waals surface area contributed by atoms with E-state index < -0.39 is 6.04 Å². The second-order valence-electron chi connectivity index (χ2n) is 3.86. The molecule has 0 fully saturated rings. The second kappa shape index (κ2) is 9.83. The van der Waals surface area contributed by atoms with Crippen molar-refractivity contribution in [3.63, 3.8) is 0 Å². The van der Waals surface area contributed by atoms with Crippen molar-refractivity contribution in [3.8, 4) is 0 Å². The summed E-state index contributed by atoms with van der Waals surface area (Å²) in [5.74, 6) is 0.705. The van der Waals surface area contributed by atoms with Gasteiger partial charge in [-0.2, -0.15) is 0 Å². The van der Waals surface area contributed by atoms with E-state index in [1.807, 2.05) is 12.1 Å². The van der Waals surface area contributed by atoms with Gasteiger partial charge in [0.25, 0.3) is 0 Å². The smallest absolute Gasteiger partial charge is 0.241 e. The zero-order valence-corrected chi connectivity index (χ0v) is 13.1. The van der Waals surface area contributed by atoms with E-state index in [2.05, 4.69) is 29.0 Å². The number of anilines is 2. The molecule has 0 aromatic carbocycles. The molecule has 0 bridgehead atoms. The lowest BCUT2D eigenvalue weighted by molar-refractivity contribution is -0.117. The Bertz CT molecular complexity index is 366. The van der Waals surface area contributed by atoms with Gasteiger partial charge in [0.15, 0.2) is 0 Å². The highest BCUT2D eigenvalue weighted by Gasteiger charge is 2.08. The highest BCUT2D eigenvalue weighted by Crippen LogP contribution is 2.13. The number of carbonyl (C=O) groups is 1. The minimum atomic E-state index is -0.516. The third kappa shape index (κ3) is 6.09. The molecule has 1 heterocycles. The molecule has 0 unspecified atom stereocenters. The van der Waals surface area contributed by atoms with Crippen LogP contribution in [-0.2, 0) is 4.79 Å². The van der Waals surface area contributed by atoms with E-state index >= 15 is 0 Å². The molecule has 3 N–H and O–H groups in total. The van der Waals surface area contributed by atoms with Gasteiger partial charge in [0.05, 0.1) is 17.9 Å². The second-order valence-corrected chi connectivity index (χ2v) is 3.86. The predicted molar refractivity (Wildman–Crippen MR) is 84.6 cm³/mol. The third-order valence-corrected chi connectivity index (χ3v) is 2.52. The Morgan fingerprint density at radius 3 is 2.32 bits per heavy atom. The van der Waals surface area contributed by atoms with E-state index in [-0.39, 0.29) is 30.7 Å². The average molecular weight is 309 g/mol. The maximum Gasteiger partial charge on any atom is 0.241 e. The van der Waals surface area contributed by atoms with Crippen molar-refractivity contribution in [1.29, 1.82) is 0 Å². The molecule has 0 aliphatic carbocycles. The van der Waals surface area contributed by atoms with Crippen molar-refractivity contribution in [3.05, 3.63) is 18.3 Å². The van der Waals surface area contributed by atoms with Gasteiger partial charge < -0.3 is 16.0 Å². The summed E-state index contributed by atoms with van der Waals surface area (Å²) >= 11 is 0. The van der Waals surface area contributed by atoms with Gasteiger partial charge in [-0.15, -0.1) is 24.8 Å². The van der Waals surface area contributed by atoms with Crippen LogP contribution in [0.1, 0.15) is 20.8 Å². The Balaban J connectivity index is 0. The Labute approximate surface area is 126 Å². The monoisotopic (exact) mass is 308 g/mol. The van der Waals surface area contributed by atoms with Crippen LogP contribution in [0.25, 0.3) is 0 Å². The summed E-state index contributed by atoms with van der Waals surface area (Å²) in [7, 11) is 0. The van der Waals surface area contributed by atoms with Gasteiger partial charge in [0.2, 0.25) is 5.91 Å². The SMILES string of the molecule is CCN(CC)c1ccc(NC(=O)[C@H](C)N)cn1.Cl.Cl. The van der Waals surface area contributed by atoms with Crippen LogP contribution in [0, 0.1) is 0 Å². The van der Waals surface area contributed by atoms with Gasteiger partial charge in [-0.05, 0) is 32.9 Å². The summed E-state index contributed by atoms with van der Waals surface area (Å²) in [5.41, 5.74) is 6.13. The minimum absolute atomic E-state index is 0. The fraction of sp³-hybridized carbons (Fsp3) is 0.500. The van der Waals surface area contributed by atoms with Crippen LogP contribution >= 0.6 is 24.8 Å². The molecule has 0 radical (unpaired) electrons. The molecule has 19 heavy (non-hydrogen) atoms. The lowest BCUT2D eigenvalue weighted by Gasteiger charge is -2.19. The van der Waals surface area contributed by atoms with Gasteiger partial charge in [-0.25, -0.2) is 4.98 Å². The molecule has 110 valence electrons. The molecule has 5 nitrogen and oxygen atoms in total. The molecular weight excluding hydrogens is 287 g/mol. The standard InChI is InChI=1S/C12H20N4O.2ClH/c1-4-16(5-2)11-7-6-10(8-14-11)15-12(17)9(3)13;;/h6-9H,4-5,13H2,1-3H3,(H,15,17);2*1H/t9-;;/m0../s1. The number of halogens is 2. The molecule has 1 aromatic heterocycles. The van der Waals surface area contributed by atoms with Gasteiger partial charge >= 0.3 is 0 Å². The number of rotatable bonds is 5. The van der Waals surface area contributed by atoms with Crippen LogP contribution < -0.4 is 16.0 Å². The Hall–Kier alpha value is -1.04. The number of carbonyl (C=O) groups excluding carboxylic acids is 1. The summed E-state index contributed by atoms with van der Waals surface area (Å²) in [4.78, 5) is 17.8. The highest BCUT2D eigenvalue weighted by atomic mass is 35.5. The first kappa shape index (κ1) is 20.3. The van der Waals surface area contributed by atoms with Crippen LogP contribution in [-0.4, -0.2) is 30.0 Å². The zero-order valence-electron chi connectivity index (χ0n) is 11.4. The van der Waals surface area contributed by atoms with Gasteiger partial charge in [-0.3, -0.25) is 4.79 Å². The first-order valence-corrected chi connectivity index (χ1v) is 5.85. The number of nitrogens with zero attached hydrogens (tertiary/aromatic N) is 2. The fourth-order valence-corrected chi connectivity index (χ4v) is 1.45. The first-order chi connectivity index (χ1) is 8.08. The fourth-order valence-electron chi connectivity index (χ4n) is 1.45. The Kier molecular flexibility index (Phi) is 10.5. The van der Waals surface area contributed by atoms with E-state index in [1.165, 1.54) is 0 Å². The molecule has 0 spiro atoms. The van der Waals surface area contributed by atoms with Crippen LogP contribution in [0.4, 0.5) is 11.5 Å². The number of amides is 1. The van der Waals surface area contributed by atoms with Gasteiger partial charge in [0.1, 0.15) is 5.82 Å². The Morgan fingerprint density at radius 1 is 1.37 bits per heavy atom. The van der Waals surface area contributed by atoms with Crippen molar-refractivity contribution in [2.45, 2.75) is 26.8 Å². The molecule has 1 rings (SSSR count). The van der Waals surface area contributed by atoms with Crippen molar-refractivity contribution >= 4 is 42.2 Å². The summed E-state index contributed by atoms with van der Waals surface area (Å²) in [6, 6.07) is 3.21. The van der Waals surface area contributed by atoms with Gasteiger partial charge in [0, 0.05) is 13.1 Å². The van der Waals surface area contributed by atoms with Gasteiger partial charge in [-0.1, -0.05) is 0 Å². The van der Waals surface area contributed by atoms with E-state index in [9.17, 15) is 4.79 Å².